The number of nitrogens with two attached hydrogens (primary N) is 1. The van der Waals surface area contributed by atoms with Gasteiger partial charge in [0.1, 0.15) is 0 Å². The molecule has 0 spiro atoms. The molecule has 0 aromatic rings. The summed E-state index contributed by atoms with van der Waals surface area (Å²) >= 11 is 0. The third-order valence-corrected chi connectivity index (χ3v) is 4.24. The van der Waals surface area contributed by atoms with Crippen LogP contribution in [-0.4, -0.2) is 54.6 Å². The van der Waals surface area contributed by atoms with Crippen LogP contribution in [0.1, 0.15) is 32.6 Å². The first-order valence-electron chi connectivity index (χ1n) is 6.37. The van der Waals surface area contributed by atoms with Crippen LogP contribution in [0.2, 0.25) is 0 Å². The maximum absolute atomic E-state index is 6.07. The quantitative estimate of drug-likeness (QED) is 0.750. The van der Waals surface area contributed by atoms with Gasteiger partial charge in [-0.1, -0.05) is 6.92 Å². The van der Waals surface area contributed by atoms with E-state index in [0.717, 1.165) is 12.6 Å². The Kier molecular flexibility index (Phi) is 3.33. The van der Waals surface area contributed by atoms with E-state index in [1.165, 1.54) is 45.3 Å². The fourth-order valence-corrected chi connectivity index (χ4v) is 3.01. The first kappa shape index (κ1) is 11.4. The first-order valence-corrected chi connectivity index (χ1v) is 6.37. The van der Waals surface area contributed by atoms with Gasteiger partial charge in [-0.05, 0) is 52.4 Å². The van der Waals surface area contributed by atoms with Crippen molar-refractivity contribution < 1.29 is 0 Å². The van der Waals surface area contributed by atoms with Gasteiger partial charge in [-0.3, -0.25) is 4.90 Å². The Hall–Kier alpha value is -0.120. The van der Waals surface area contributed by atoms with E-state index in [9.17, 15) is 0 Å². The molecule has 88 valence electrons. The van der Waals surface area contributed by atoms with Gasteiger partial charge in [0.05, 0.1) is 0 Å². The van der Waals surface area contributed by atoms with Crippen molar-refractivity contribution in [3.63, 3.8) is 0 Å². The highest BCUT2D eigenvalue weighted by molar-refractivity contribution is 5.01. The number of likely N-dealkylation sites (tertiary alicyclic amines) is 1. The van der Waals surface area contributed by atoms with Crippen molar-refractivity contribution in [1.82, 2.24) is 9.80 Å². The summed E-state index contributed by atoms with van der Waals surface area (Å²) in [5.41, 5.74) is 6.39. The Bertz CT molecular complexity index is 205. The highest BCUT2D eigenvalue weighted by Crippen LogP contribution is 2.37. The van der Waals surface area contributed by atoms with Gasteiger partial charge in [-0.2, -0.15) is 0 Å². The molecule has 0 aromatic carbocycles. The van der Waals surface area contributed by atoms with Crippen LogP contribution in [0, 0.1) is 0 Å². The van der Waals surface area contributed by atoms with Gasteiger partial charge in [0.15, 0.2) is 0 Å². The molecule has 2 N–H and O–H groups in total. The lowest BCUT2D eigenvalue weighted by Gasteiger charge is -2.48. The number of likely N-dealkylation sites (N-methyl/N-ethyl adjacent to an activating group) is 1. The second kappa shape index (κ2) is 4.40. The molecule has 1 saturated carbocycles. The van der Waals surface area contributed by atoms with Gasteiger partial charge >= 0.3 is 0 Å². The van der Waals surface area contributed by atoms with E-state index in [4.69, 9.17) is 5.73 Å². The number of piperidine rings is 1. The van der Waals surface area contributed by atoms with Crippen molar-refractivity contribution in [2.75, 3.05) is 33.2 Å². The molecule has 3 nitrogen and oxygen atoms in total. The van der Waals surface area contributed by atoms with Gasteiger partial charge in [0.2, 0.25) is 0 Å². The monoisotopic (exact) mass is 211 g/mol. The van der Waals surface area contributed by atoms with Crippen molar-refractivity contribution in [2.24, 2.45) is 5.73 Å². The van der Waals surface area contributed by atoms with Crippen molar-refractivity contribution in [3.8, 4) is 0 Å². The Balaban J connectivity index is 2.05. The fraction of sp³-hybridized carbons (Fsp3) is 1.00. The maximum Gasteiger partial charge on any atom is 0.0358 e. The summed E-state index contributed by atoms with van der Waals surface area (Å²) < 4.78 is 0. The SMILES string of the molecule is CCN(C1CC1)C1(CN)CCN(C)CC1. The summed E-state index contributed by atoms with van der Waals surface area (Å²) in [5.74, 6) is 0. The molecule has 1 aliphatic heterocycles. The summed E-state index contributed by atoms with van der Waals surface area (Å²) in [7, 11) is 2.22. The summed E-state index contributed by atoms with van der Waals surface area (Å²) in [5, 5.41) is 0. The molecule has 1 aliphatic carbocycles. The standard InChI is InChI=1S/C12H25N3/c1-3-15(11-4-5-11)12(10-13)6-8-14(2)9-7-12/h11H,3-10,13H2,1-2H3. The average Bonchev–Trinajstić information content (AvgIpc) is 3.07. The molecule has 2 fully saturated rings. The van der Waals surface area contributed by atoms with Crippen LogP contribution in [0.4, 0.5) is 0 Å². The minimum Gasteiger partial charge on any atom is -0.329 e. The van der Waals surface area contributed by atoms with Gasteiger partial charge in [-0.25, -0.2) is 0 Å². The van der Waals surface area contributed by atoms with Crippen LogP contribution in [0.5, 0.6) is 0 Å². The van der Waals surface area contributed by atoms with Crippen LogP contribution >= 0.6 is 0 Å². The van der Waals surface area contributed by atoms with Gasteiger partial charge in [0.25, 0.3) is 0 Å². The molecule has 0 bridgehead atoms. The average molecular weight is 211 g/mol. The lowest BCUT2D eigenvalue weighted by molar-refractivity contribution is 0.0312. The molecule has 2 rings (SSSR count). The highest BCUT2D eigenvalue weighted by Gasteiger charge is 2.43. The van der Waals surface area contributed by atoms with E-state index >= 15 is 0 Å². The molecule has 3 heteroatoms. The highest BCUT2D eigenvalue weighted by atomic mass is 15.3. The smallest absolute Gasteiger partial charge is 0.0358 e. The fourth-order valence-electron chi connectivity index (χ4n) is 3.01. The molecule has 1 saturated heterocycles. The maximum atomic E-state index is 6.07. The number of hydrogen-bond acceptors (Lipinski definition) is 3. The molecular formula is C12H25N3. The van der Waals surface area contributed by atoms with Crippen LogP contribution in [-0.2, 0) is 0 Å². The van der Waals surface area contributed by atoms with Crippen molar-refractivity contribution in [3.05, 3.63) is 0 Å². The largest absolute Gasteiger partial charge is 0.329 e. The molecule has 15 heavy (non-hydrogen) atoms. The van der Waals surface area contributed by atoms with Gasteiger partial charge in [0, 0.05) is 18.1 Å². The lowest BCUT2D eigenvalue weighted by atomic mass is 9.85. The Morgan fingerprint density at radius 1 is 1.33 bits per heavy atom. The Morgan fingerprint density at radius 3 is 2.33 bits per heavy atom. The summed E-state index contributed by atoms with van der Waals surface area (Å²) in [6.07, 6.45) is 5.30. The minimum absolute atomic E-state index is 0.322. The summed E-state index contributed by atoms with van der Waals surface area (Å²) in [6, 6.07) is 0.849. The van der Waals surface area contributed by atoms with Crippen molar-refractivity contribution in [1.29, 1.82) is 0 Å². The molecule has 1 heterocycles. The first-order chi connectivity index (χ1) is 7.22. The van der Waals surface area contributed by atoms with Crippen molar-refractivity contribution >= 4 is 0 Å². The van der Waals surface area contributed by atoms with E-state index in [1.54, 1.807) is 0 Å². The third kappa shape index (κ3) is 2.19. The zero-order valence-corrected chi connectivity index (χ0v) is 10.2. The minimum atomic E-state index is 0.322. The van der Waals surface area contributed by atoms with E-state index < -0.39 is 0 Å². The molecule has 0 unspecified atom stereocenters. The zero-order valence-electron chi connectivity index (χ0n) is 10.2. The topological polar surface area (TPSA) is 32.5 Å². The second-order valence-electron chi connectivity index (χ2n) is 5.25. The van der Waals surface area contributed by atoms with Gasteiger partial charge in [-0.15, -0.1) is 0 Å². The number of rotatable bonds is 4. The zero-order chi connectivity index (χ0) is 10.9. The number of hydrogen-bond donors (Lipinski definition) is 1. The van der Waals surface area contributed by atoms with Crippen LogP contribution < -0.4 is 5.73 Å². The molecule has 0 amide bonds. The molecule has 0 radical (unpaired) electrons. The Labute approximate surface area is 93.6 Å². The lowest BCUT2D eigenvalue weighted by Crippen LogP contribution is -2.59. The van der Waals surface area contributed by atoms with Crippen LogP contribution in [0.3, 0.4) is 0 Å². The van der Waals surface area contributed by atoms with Crippen molar-refractivity contribution in [2.45, 2.75) is 44.2 Å². The number of nitrogens with zero attached hydrogens (tertiary/aromatic N) is 2. The van der Waals surface area contributed by atoms with E-state index in [1.807, 2.05) is 0 Å². The van der Waals surface area contributed by atoms with Crippen LogP contribution in [0.15, 0.2) is 0 Å². The molecule has 0 atom stereocenters. The summed E-state index contributed by atoms with van der Waals surface area (Å²) in [6.45, 7) is 6.71. The third-order valence-electron chi connectivity index (χ3n) is 4.24. The van der Waals surface area contributed by atoms with Gasteiger partial charge < -0.3 is 10.6 Å². The van der Waals surface area contributed by atoms with Crippen LogP contribution in [0.25, 0.3) is 0 Å². The van der Waals surface area contributed by atoms with E-state index in [0.29, 0.717) is 5.54 Å². The molecule has 2 aliphatic rings. The Morgan fingerprint density at radius 2 is 1.93 bits per heavy atom. The van der Waals surface area contributed by atoms with E-state index in [2.05, 4.69) is 23.8 Å². The molecular weight excluding hydrogens is 186 g/mol. The normalized spacial score (nSPS) is 27.2. The second-order valence-corrected chi connectivity index (χ2v) is 5.25. The summed E-state index contributed by atoms with van der Waals surface area (Å²) in [4.78, 5) is 5.12. The predicted octanol–water partition coefficient (Wildman–Crippen LogP) is 0.894. The molecule has 0 aromatic heterocycles. The predicted molar refractivity (Wildman–Crippen MR) is 63.9 cm³/mol. The van der Waals surface area contributed by atoms with E-state index in [-0.39, 0.29) is 0 Å².